The Hall–Kier alpha value is -1.89. The highest BCUT2D eigenvalue weighted by atomic mass is 35.5. The van der Waals surface area contributed by atoms with Crippen LogP contribution < -0.4 is 11.1 Å². The maximum absolute atomic E-state index is 13.8. The fourth-order valence-corrected chi connectivity index (χ4v) is 7.25. The number of sulfonamides is 1. The van der Waals surface area contributed by atoms with Crippen molar-refractivity contribution in [2.75, 3.05) is 13.1 Å². The standard InChI is InChI=1S/C22H27Cl3N6O4S/c1-12-18(19(25)29(2)28-12)36(34,35)31-10-9-30(22(33)13-3-8-16(23)17(24)11-13)21(31)20(32)27-15-6-4-14(26)5-7-15/h3,8,11,14-15,21H,4-7,9-10,26H2,1-2H3,(H,27,32). The highest BCUT2D eigenvalue weighted by molar-refractivity contribution is 7.89. The number of carbonyl (C=O) groups is 2. The Bertz CT molecular complexity index is 1290. The van der Waals surface area contributed by atoms with Crippen molar-refractivity contribution >= 4 is 56.6 Å². The van der Waals surface area contributed by atoms with Gasteiger partial charge in [0.1, 0.15) is 10.0 Å². The van der Waals surface area contributed by atoms with E-state index < -0.39 is 28.0 Å². The summed E-state index contributed by atoms with van der Waals surface area (Å²) in [5, 5.41) is 7.39. The molecule has 1 aliphatic carbocycles. The molecule has 2 heterocycles. The molecule has 36 heavy (non-hydrogen) atoms. The molecule has 1 saturated heterocycles. The molecule has 1 unspecified atom stereocenters. The van der Waals surface area contributed by atoms with E-state index in [0.717, 1.165) is 17.1 Å². The number of aryl methyl sites for hydroxylation is 2. The topological polar surface area (TPSA) is 131 Å². The smallest absolute Gasteiger partial charge is 0.259 e. The van der Waals surface area contributed by atoms with E-state index in [4.69, 9.17) is 40.5 Å². The van der Waals surface area contributed by atoms with Crippen molar-refractivity contribution < 1.29 is 18.0 Å². The van der Waals surface area contributed by atoms with Gasteiger partial charge < -0.3 is 16.0 Å². The highest BCUT2D eigenvalue weighted by Gasteiger charge is 2.48. The van der Waals surface area contributed by atoms with Gasteiger partial charge in [0.05, 0.1) is 15.7 Å². The maximum atomic E-state index is 13.8. The fraction of sp³-hybridized carbons (Fsp3) is 0.500. The van der Waals surface area contributed by atoms with Crippen molar-refractivity contribution in [3.05, 3.63) is 44.7 Å². The van der Waals surface area contributed by atoms with Crippen LogP contribution in [-0.4, -0.2) is 70.6 Å². The Morgan fingerprint density at radius 2 is 1.75 bits per heavy atom. The number of benzene rings is 1. The molecule has 10 nitrogen and oxygen atoms in total. The van der Waals surface area contributed by atoms with Crippen molar-refractivity contribution in [2.45, 2.75) is 55.8 Å². The molecular formula is C22H27Cl3N6O4S. The second kappa shape index (κ2) is 10.5. The Morgan fingerprint density at radius 3 is 2.33 bits per heavy atom. The average molecular weight is 578 g/mol. The van der Waals surface area contributed by atoms with E-state index in [2.05, 4.69) is 10.4 Å². The van der Waals surface area contributed by atoms with Crippen molar-refractivity contribution in [1.82, 2.24) is 24.3 Å². The minimum absolute atomic E-state index is 0.0110. The third-order valence-corrected chi connectivity index (χ3v) is 9.87. The lowest BCUT2D eigenvalue weighted by Crippen LogP contribution is -2.56. The second-order valence-corrected chi connectivity index (χ2v) is 12.1. The summed E-state index contributed by atoms with van der Waals surface area (Å²) < 4.78 is 29.8. The first-order valence-corrected chi connectivity index (χ1v) is 14.0. The van der Waals surface area contributed by atoms with Crippen LogP contribution in [0.2, 0.25) is 15.2 Å². The number of nitrogens with two attached hydrogens (primary N) is 1. The first-order chi connectivity index (χ1) is 16.9. The Labute approximate surface area is 224 Å². The highest BCUT2D eigenvalue weighted by Crippen LogP contribution is 2.33. The molecule has 4 rings (SSSR count). The molecule has 2 aromatic rings. The molecule has 1 atom stereocenters. The van der Waals surface area contributed by atoms with Crippen molar-refractivity contribution in [3.8, 4) is 0 Å². The Balaban J connectivity index is 1.70. The van der Waals surface area contributed by atoms with Crippen LogP contribution in [0.25, 0.3) is 0 Å². The summed E-state index contributed by atoms with van der Waals surface area (Å²) in [5.41, 5.74) is 6.35. The lowest BCUT2D eigenvalue weighted by Gasteiger charge is -2.32. The molecule has 2 aliphatic rings. The van der Waals surface area contributed by atoms with Gasteiger partial charge in [-0.15, -0.1) is 0 Å². The summed E-state index contributed by atoms with van der Waals surface area (Å²) in [7, 11) is -2.77. The predicted octanol–water partition coefficient (Wildman–Crippen LogP) is 2.55. The number of nitrogens with zero attached hydrogens (tertiary/aromatic N) is 4. The van der Waals surface area contributed by atoms with E-state index in [0.29, 0.717) is 12.8 Å². The number of rotatable bonds is 5. The van der Waals surface area contributed by atoms with Gasteiger partial charge in [0.15, 0.2) is 6.17 Å². The molecule has 1 aromatic heterocycles. The van der Waals surface area contributed by atoms with Crippen LogP contribution in [0, 0.1) is 6.92 Å². The molecule has 3 N–H and O–H groups in total. The minimum atomic E-state index is -4.29. The molecule has 1 aromatic carbocycles. The maximum Gasteiger partial charge on any atom is 0.259 e. The van der Waals surface area contributed by atoms with E-state index in [1.165, 1.54) is 41.8 Å². The lowest BCUT2D eigenvalue weighted by molar-refractivity contribution is -0.128. The summed E-state index contributed by atoms with van der Waals surface area (Å²) in [6, 6.07) is 4.25. The molecule has 2 fully saturated rings. The van der Waals surface area contributed by atoms with Gasteiger partial charge in [0.25, 0.3) is 11.8 Å². The number of hydrogen-bond donors (Lipinski definition) is 2. The van der Waals surface area contributed by atoms with E-state index in [-0.39, 0.29) is 56.5 Å². The zero-order valence-corrected chi connectivity index (χ0v) is 22.8. The molecule has 2 amide bonds. The lowest BCUT2D eigenvalue weighted by atomic mass is 9.92. The quantitative estimate of drug-likeness (QED) is 0.562. The third-order valence-electron chi connectivity index (χ3n) is 6.58. The normalized spacial score (nSPS) is 23.2. The first-order valence-electron chi connectivity index (χ1n) is 11.4. The van der Waals surface area contributed by atoms with Gasteiger partial charge in [0.2, 0.25) is 10.0 Å². The van der Waals surface area contributed by atoms with Gasteiger partial charge in [-0.3, -0.25) is 14.3 Å². The summed E-state index contributed by atoms with van der Waals surface area (Å²) in [5.74, 6) is -1.14. The van der Waals surface area contributed by atoms with Crippen molar-refractivity contribution in [3.63, 3.8) is 0 Å². The molecule has 14 heteroatoms. The Kier molecular flexibility index (Phi) is 7.89. The third kappa shape index (κ3) is 5.09. The summed E-state index contributed by atoms with van der Waals surface area (Å²) in [6.07, 6.45) is 1.40. The van der Waals surface area contributed by atoms with E-state index in [9.17, 15) is 18.0 Å². The van der Waals surface area contributed by atoms with Gasteiger partial charge in [-0.05, 0) is 50.8 Å². The number of hydrogen-bond acceptors (Lipinski definition) is 6. The molecule has 1 saturated carbocycles. The molecule has 0 spiro atoms. The van der Waals surface area contributed by atoms with Crippen LogP contribution in [-0.2, 0) is 21.9 Å². The fourth-order valence-electron chi connectivity index (χ4n) is 4.70. The van der Waals surface area contributed by atoms with Crippen LogP contribution in [0.5, 0.6) is 0 Å². The minimum Gasteiger partial charge on any atom is -0.350 e. The van der Waals surface area contributed by atoms with Gasteiger partial charge in [-0.1, -0.05) is 34.8 Å². The van der Waals surface area contributed by atoms with E-state index in [1.54, 1.807) is 0 Å². The molecule has 0 bridgehead atoms. The average Bonchev–Trinajstić information content (AvgIpc) is 3.38. The summed E-state index contributed by atoms with van der Waals surface area (Å²) in [6.45, 7) is 1.41. The number of nitrogens with one attached hydrogen (secondary N) is 1. The van der Waals surface area contributed by atoms with Crippen molar-refractivity contribution in [1.29, 1.82) is 0 Å². The molecule has 1 aliphatic heterocycles. The number of amides is 2. The van der Waals surface area contributed by atoms with Gasteiger partial charge >= 0.3 is 0 Å². The monoisotopic (exact) mass is 576 g/mol. The summed E-state index contributed by atoms with van der Waals surface area (Å²) >= 11 is 18.4. The SMILES string of the molecule is Cc1nn(C)c(Cl)c1S(=O)(=O)N1CCN(C(=O)c2ccc(Cl)c(Cl)c2)C1C(=O)NC1CCC(N)CC1. The predicted molar refractivity (Wildman–Crippen MR) is 137 cm³/mol. The summed E-state index contributed by atoms with van der Waals surface area (Å²) in [4.78, 5) is 28.1. The van der Waals surface area contributed by atoms with Crippen LogP contribution in [0.15, 0.2) is 23.1 Å². The van der Waals surface area contributed by atoms with Crippen LogP contribution in [0.4, 0.5) is 0 Å². The number of halogens is 3. The molecule has 196 valence electrons. The zero-order valence-electron chi connectivity index (χ0n) is 19.7. The number of aromatic nitrogens is 2. The van der Waals surface area contributed by atoms with Gasteiger partial charge in [-0.2, -0.15) is 9.40 Å². The largest absolute Gasteiger partial charge is 0.350 e. The van der Waals surface area contributed by atoms with Crippen LogP contribution in [0.3, 0.4) is 0 Å². The first kappa shape index (κ1) is 27.2. The zero-order chi connectivity index (χ0) is 26.4. The van der Waals surface area contributed by atoms with Crippen LogP contribution >= 0.6 is 34.8 Å². The van der Waals surface area contributed by atoms with Crippen molar-refractivity contribution in [2.24, 2.45) is 12.8 Å². The Morgan fingerprint density at radius 1 is 1.08 bits per heavy atom. The van der Waals surface area contributed by atoms with Gasteiger partial charge in [0, 0.05) is 37.8 Å². The van der Waals surface area contributed by atoms with E-state index in [1.807, 2.05) is 0 Å². The van der Waals surface area contributed by atoms with Crippen LogP contribution in [0.1, 0.15) is 41.7 Å². The van der Waals surface area contributed by atoms with Gasteiger partial charge in [-0.25, -0.2) is 8.42 Å². The molecule has 0 radical (unpaired) electrons. The van der Waals surface area contributed by atoms with E-state index >= 15 is 0 Å². The number of carbonyl (C=O) groups excluding carboxylic acids is 2. The molecular weight excluding hydrogens is 551 g/mol. The second-order valence-electron chi connectivity index (χ2n) is 9.07.